The number of benzene rings is 1. The highest BCUT2D eigenvalue weighted by Gasteiger charge is 2.34. The fraction of sp³-hybridized carbons (Fsp3) is 0.357. The number of carboxylic acids is 1. The van der Waals surface area contributed by atoms with E-state index in [0.717, 1.165) is 10.9 Å². The van der Waals surface area contributed by atoms with Gasteiger partial charge in [0.25, 0.3) is 5.91 Å². The molecule has 0 aliphatic carbocycles. The van der Waals surface area contributed by atoms with Crippen LogP contribution in [0.1, 0.15) is 37.0 Å². The fourth-order valence-corrected chi connectivity index (χ4v) is 2.13. The molecule has 6 heteroatoms. The number of fused-ring (bicyclic) bond motifs is 1. The zero-order valence-corrected chi connectivity index (χ0v) is 11.4. The third kappa shape index (κ3) is 2.64. The highest BCUT2D eigenvalue weighted by atomic mass is 16.4. The summed E-state index contributed by atoms with van der Waals surface area (Å²) < 4.78 is 0. The highest BCUT2D eigenvalue weighted by Crippen LogP contribution is 2.16. The van der Waals surface area contributed by atoms with E-state index >= 15 is 0 Å². The molecule has 20 heavy (non-hydrogen) atoms. The molecule has 106 valence electrons. The molecule has 0 bridgehead atoms. The zero-order chi connectivity index (χ0) is 14.8. The average Bonchev–Trinajstić information content (AvgIpc) is 2.85. The second-order valence-electron chi connectivity index (χ2n) is 5.01. The molecule has 2 aromatic rings. The van der Waals surface area contributed by atoms with Gasteiger partial charge in [0.2, 0.25) is 0 Å². The van der Waals surface area contributed by atoms with Crippen molar-refractivity contribution in [2.45, 2.75) is 32.2 Å². The van der Waals surface area contributed by atoms with Gasteiger partial charge in [0.05, 0.1) is 11.7 Å². The van der Waals surface area contributed by atoms with Crippen LogP contribution in [0.25, 0.3) is 10.9 Å². The van der Waals surface area contributed by atoms with Gasteiger partial charge in [-0.05, 0) is 31.5 Å². The number of carboxylic acid groups (broad SMARTS) is 1. The molecule has 1 atom stereocenters. The molecule has 0 aliphatic rings. The summed E-state index contributed by atoms with van der Waals surface area (Å²) in [5.41, 5.74) is -0.00410. The van der Waals surface area contributed by atoms with Gasteiger partial charge in [0, 0.05) is 10.9 Å². The van der Waals surface area contributed by atoms with Crippen LogP contribution >= 0.6 is 0 Å². The molecule has 1 aromatic heterocycles. The lowest BCUT2D eigenvalue weighted by Crippen LogP contribution is -2.52. The molecule has 0 radical (unpaired) electrons. The predicted molar refractivity (Wildman–Crippen MR) is 74.5 cm³/mol. The summed E-state index contributed by atoms with van der Waals surface area (Å²) in [7, 11) is 0. The summed E-state index contributed by atoms with van der Waals surface area (Å²) >= 11 is 0. The van der Waals surface area contributed by atoms with Gasteiger partial charge < -0.3 is 10.4 Å². The van der Waals surface area contributed by atoms with E-state index in [4.69, 9.17) is 0 Å². The minimum atomic E-state index is -1.25. The topological polar surface area (TPSA) is 95.1 Å². The first-order chi connectivity index (χ1) is 9.46. The molecule has 2 rings (SSSR count). The summed E-state index contributed by atoms with van der Waals surface area (Å²) in [5, 5.41) is 19.4. The lowest BCUT2D eigenvalue weighted by atomic mass is 9.95. The lowest BCUT2D eigenvalue weighted by Gasteiger charge is -2.25. The molecule has 3 N–H and O–H groups in total. The number of hydrogen-bond donors (Lipinski definition) is 3. The highest BCUT2D eigenvalue weighted by molar-refractivity contribution is 6.00. The molecule has 0 fully saturated rings. The first kappa shape index (κ1) is 14.0. The van der Waals surface area contributed by atoms with Crippen LogP contribution in [0.4, 0.5) is 0 Å². The summed E-state index contributed by atoms with van der Waals surface area (Å²) in [4.78, 5) is 23.5. The van der Waals surface area contributed by atoms with Crippen LogP contribution < -0.4 is 5.32 Å². The maximum atomic E-state index is 12.2. The van der Waals surface area contributed by atoms with E-state index in [1.54, 1.807) is 24.4 Å². The number of aromatic amines is 1. The number of carbonyl (C=O) groups is 2. The number of nitrogens with zero attached hydrogens (tertiary/aromatic N) is 1. The van der Waals surface area contributed by atoms with E-state index in [9.17, 15) is 14.7 Å². The van der Waals surface area contributed by atoms with Crippen molar-refractivity contribution < 1.29 is 14.7 Å². The Morgan fingerprint density at radius 3 is 2.85 bits per heavy atom. The molecular formula is C14H17N3O3. The van der Waals surface area contributed by atoms with Gasteiger partial charge in [-0.15, -0.1) is 0 Å². The van der Waals surface area contributed by atoms with Crippen LogP contribution in [0.5, 0.6) is 0 Å². The van der Waals surface area contributed by atoms with Crippen molar-refractivity contribution in [2.75, 3.05) is 0 Å². The first-order valence-corrected chi connectivity index (χ1v) is 6.45. The monoisotopic (exact) mass is 275 g/mol. The van der Waals surface area contributed by atoms with Crippen LogP contribution in [-0.4, -0.2) is 32.7 Å². The van der Waals surface area contributed by atoms with E-state index < -0.39 is 17.4 Å². The van der Waals surface area contributed by atoms with E-state index in [0.29, 0.717) is 18.4 Å². The molecule has 0 aliphatic heterocycles. The maximum absolute atomic E-state index is 12.2. The average molecular weight is 275 g/mol. The Kier molecular flexibility index (Phi) is 3.74. The molecule has 1 heterocycles. The Morgan fingerprint density at radius 1 is 1.45 bits per heavy atom. The van der Waals surface area contributed by atoms with Gasteiger partial charge in [-0.25, -0.2) is 4.79 Å². The zero-order valence-electron chi connectivity index (χ0n) is 11.4. The van der Waals surface area contributed by atoms with Crippen molar-refractivity contribution in [1.29, 1.82) is 0 Å². The molecule has 0 saturated heterocycles. The van der Waals surface area contributed by atoms with Gasteiger partial charge in [0.15, 0.2) is 0 Å². The summed E-state index contributed by atoms with van der Waals surface area (Å²) in [6.07, 6.45) is 2.67. The molecule has 0 saturated carbocycles. The Labute approximate surface area is 116 Å². The van der Waals surface area contributed by atoms with Gasteiger partial charge in [0.1, 0.15) is 5.54 Å². The standard InChI is InChI=1S/C14H17N3O3/c1-3-6-14(2,13(19)20)16-12(18)9-4-5-11-10(7-9)8-15-17-11/h4-5,7-8H,3,6H2,1-2H3,(H,15,17)(H,16,18)(H,19,20). The first-order valence-electron chi connectivity index (χ1n) is 6.45. The molecule has 6 nitrogen and oxygen atoms in total. The van der Waals surface area contributed by atoms with E-state index in [-0.39, 0.29) is 0 Å². The van der Waals surface area contributed by atoms with Crippen molar-refractivity contribution >= 4 is 22.8 Å². The van der Waals surface area contributed by atoms with Crippen LogP contribution in [0.2, 0.25) is 0 Å². The number of rotatable bonds is 5. The van der Waals surface area contributed by atoms with Crippen molar-refractivity contribution in [3.63, 3.8) is 0 Å². The van der Waals surface area contributed by atoms with Gasteiger partial charge in [-0.2, -0.15) is 5.10 Å². The second-order valence-corrected chi connectivity index (χ2v) is 5.01. The van der Waals surface area contributed by atoms with Crippen molar-refractivity contribution in [3.05, 3.63) is 30.0 Å². The third-order valence-electron chi connectivity index (χ3n) is 3.31. The molecule has 1 amide bonds. The number of H-pyrrole nitrogens is 1. The predicted octanol–water partition coefficient (Wildman–Crippen LogP) is 1.94. The third-order valence-corrected chi connectivity index (χ3v) is 3.31. The molecule has 0 spiro atoms. The Bertz CT molecular complexity index is 650. The summed E-state index contributed by atoms with van der Waals surface area (Å²) in [6.45, 7) is 3.40. The minimum absolute atomic E-state index is 0.377. The summed E-state index contributed by atoms with van der Waals surface area (Å²) in [5.74, 6) is -1.43. The smallest absolute Gasteiger partial charge is 0.329 e. The van der Waals surface area contributed by atoms with E-state index in [1.165, 1.54) is 6.92 Å². The SMILES string of the molecule is CCCC(C)(NC(=O)c1ccc2[nH]ncc2c1)C(=O)O. The number of aliphatic carboxylic acids is 1. The number of nitrogens with one attached hydrogen (secondary N) is 2. The van der Waals surface area contributed by atoms with Gasteiger partial charge in [-0.1, -0.05) is 13.3 Å². The van der Waals surface area contributed by atoms with Crippen LogP contribution in [0.3, 0.4) is 0 Å². The normalized spacial score (nSPS) is 13.9. The Hall–Kier alpha value is -2.37. The lowest BCUT2D eigenvalue weighted by molar-refractivity contribution is -0.144. The van der Waals surface area contributed by atoms with E-state index in [1.807, 2.05) is 6.92 Å². The number of hydrogen-bond acceptors (Lipinski definition) is 3. The van der Waals surface area contributed by atoms with Crippen molar-refractivity contribution in [3.8, 4) is 0 Å². The molecule has 1 aromatic carbocycles. The largest absolute Gasteiger partial charge is 0.480 e. The van der Waals surface area contributed by atoms with Crippen LogP contribution in [0, 0.1) is 0 Å². The quantitative estimate of drug-likeness (QED) is 0.777. The minimum Gasteiger partial charge on any atom is -0.480 e. The van der Waals surface area contributed by atoms with Crippen LogP contribution in [0.15, 0.2) is 24.4 Å². The Morgan fingerprint density at radius 2 is 2.20 bits per heavy atom. The van der Waals surface area contributed by atoms with E-state index in [2.05, 4.69) is 15.5 Å². The number of aromatic nitrogens is 2. The van der Waals surface area contributed by atoms with Gasteiger partial charge in [-0.3, -0.25) is 9.89 Å². The maximum Gasteiger partial charge on any atom is 0.329 e. The fourth-order valence-electron chi connectivity index (χ4n) is 2.13. The van der Waals surface area contributed by atoms with Crippen LogP contribution in [-0.2, 0) is 4.79 Å². The molecular weight excluding hydrogens is 258 g/mol. The van der Waals surface area contributed by atoms with Gasteiger partial charge >= 0.3 is 5.97 Å². The molecule has 1 unspecified atom stereocenters. The van der Waals surface area contributed by atoms with Crippen molar-refractivity contribution in [2.24, 2.45) is 0 Å². The van der Waals surface area contributed by atoms with Crippen molar-refractivity contribution in [1.82, 2.24) is 15.5 Å². The summed E-state index contributed by atoms with van der Waals surface area (Å²) in [6, 6.07) is 5.07. The number of amides is 1. The number of carbonyl (C=O) groups excluding carboxylic acids is 1. The second kappa shape index (κ2) is 5.32. The Balaban J connectivity index is 2.23.